The molecule has 0 saturated carbocycles. The lowest BCUT2D eigenvalue weighted by molar-refractivity contribution is 0.0761. The summed E-state index contributed by atoms with van der Waals surface area (Å²) in [7, 11) is 0. The minimum Gasteiger partial charge on any atom is -0.337 e. The molecule has 3 nitrogen and oxygen atoms in total. The second-order valence-corrected chi connectivity index (χ2v) is 7.89. The monoisotopic (exact) mass is 450 g/mol. The second kappa shape index (κ2) is 8.28. The summed E-state index contributed by atoms with van der Waals surface area (Å²) in [5, 5.41) is 0. The van der Waals surface area contributed by atoms with Crippen LogP contribution in [0.15, 0.2) is 57.5 Å². The molecule has 1 heterocycles. The number of hydrogen-bond donors (Lipinski definition) is 0. The van der Waals surface area contributed by atoms with Crippen molar-refractivity contribution in [1.82, 2.24) is 9.80 Å². The molecule has 0 radical (unpaired) electrons. The van der Waals surface area contributed by atoms with Gasteiger partial charge in [-0.25, -0.2) is 0 Å². The number of halogens is 2. The van der Waals surface area contributed by atoms with E-state index in [1.165, 1.54) is 5.56 Å². The highest BCUT2D eigenvalue weighted by atomic mass is 79.9. The highest BCUT2D eigenvalue weighted by molar-refractivity contribution is 9.10. The Morgan fingerprint density at radius 3 is 2.42 bits per heavy atom. The van der Waals surface area contributed by atoms with Gasteiger partial charge in [-0.05, 0) is 42.3 Å². The van der Waals surface area contributed by atoms with Crippen LogP contribution in [-0.2, 0) is 6.54 Å². The van der Waals surface area contributed by atoms with Gasteiger partial charge in [-0.1, -0.05) is 50.1 Å². The molecule has 5 heteroatoms. The fourth-order valence-electron chi connectivity index (χ4n) is 3.03. The van der Waals surface area contributed by atoms with Gasteiger partial charge in [0.2, 0.25) is 0 Å². The first kappa shape index (κ1) is 17.6. The average Bonchev–Trinajstić information content (AvgIpc) is 2.80. The summed E-state index contributed by atoms with van der Waals surface area (Å²) in [5.41, 5.74) is 2.06. The highest BCUT2D eigenvalue weighted by Gasteiger charge is 2.20. The summed E-state index contributed by atoms with van der Waals surface area (Å²) in [6.07, 6.45) is 1.01. The van der Waals surface area contributed by atoms with Crippen molar-refractivity contribution in [3.63, 3.8) is 0 Å². The molecular formula is C19H20Br2N2O. The lowest BCUT2D eigenvalue weighted by atomic mass is 10.2. The molecule has 1 fully saturated rings. The standard InChI is InChI=1S/C19H20Br2N2O/c20-17-6-1-4-15(12-17)14-22-8-3-9-23(11-10-22)19(24)16-5-2-7-18(21)13-16/h1-2,4-7,12-13H,3,8-11,14H2. The fraction of sp³-hybridized carbons (Fsp3) is 0.316. The van der Waals surface area contributed by atoms with E-state index in [2.05, 4.69) is 55.0 Å². The van der Waals surface area contributed by atoms with Gasteiger partial charge in [0.15, 0.2) is 0 Å². The lowest BCUT2D eigenvalue weighted by Crippen LogP contribution is -2.35. The van der Waals surface area contributed by atoms with E-state index < -0.39 is 0 Å². The molecular weight excluding hydrogens is 432 g/mol. The molecule has 1 saturated heterocycles. The molecule has 2 aromatic rings. The van der Waals surface area contributed by atoms with E-state index >= 15 is 0 Å². The zero-order valence-electron chi connectivity index (χ0n) is 13.4. The largest absolute Gasteiger partial charge is 0.337 e. The molecule has 0 unspecified atom stereocenters. The maximum absolute atomic E-state index is 12.7. The molecule has 1 aliphatic heterocycles. The van der Waals surface area contributed by atoms with Gasteiger partial charge in [-0.2, -0.15) is 0 Å². The lowest BCUT2D eigenvalue weighted by Gasteiger charge is -2.22. The quantitative estimate of drug-likeness (QED) is 0.682. The van der Waals surface area contributed by atoms with Gasteiger partial charge in [0.1, 0.15) is 0 Å². The van der Waals surface area contributed by atoms with E-state index in [0.717, 1.165) is 53.7 Å². The number of carbonyl (C=O) groups excluding carboxylic acids is 1. The SMILES string of the molecule is O=C(c1cccc(Br)c1)N1CCCN(Cc2cccc(Br)c2)CC1. The van der Waals surface area contributed by atoms with Crippen molar-refractivity contribution in [2.45, 2.75) is 13.0 Å². The molecule has 0 bridgehead atoms. The van der Waals surface area contributed by atoms with E-state index in [-0.39, 0.29) is 5.91 Å². The third-order valence-corrected chi connectivity index (χ3v) is 5.23. The summed E-state index contributed by atoms with van der Waals surface area (Å²) in [4.78, 5) is 17.1. The molecule has 0 aromatic heterocycles. The van der Waals surface area contributed by atoms with Crippen molar-refractivity contribution in [2.24, 2.45) is 0 Å². The van der Waals surface area contributed by atoms with Gasteiger partial charge in [-0.3, -0.25) is 9.69 Å². The van der Waals surface area contributed by atoms with Crippen molar-refractivity contribution in [3.05, 3.63) is 68.6 Å². The molecule has 0 N–H and O–H groups in total. The van der Waals surface area contributed by atoms with E-state index in [9.17, 15) is 4.79 Å². The number of nitrogens with zero attached hydrogens (tertiary/aromatic N) is 2. The first-order valence-electron chi connectivity index (χ1n) is 8.13. The van der Waals surface area contributed by atoms with Crippen LogP contribution >= 0.6 is 31.9 Å². The topological polar surface area (TPSA) is 23.6 Å². The molecule has 1 aliphatic rings. The van der Waals surface area contributed by atoms with E-state index in [1.807, 2.05) is 35.2 Å². The van der Waals surface area contributed by atoms with Crippen LogP contribution in [0, 0.1) is 0 Å². The molecule has 0 aliphatic carbocycles. The Bertz CT molecular complexity index is 720. The molecule has 3 rings (SSSR count). The van der Waals surface area contributed by atoms with Crippen molar-refractivity contribution in [3.8, 4) is 0 Å². The van der Waals surface area contributed by atoms with Crippen LogP contribution < -0.4 is 0 Å². The van der Waals surface area contributed by atoms with E-state index in [0.29, 0.717) is 0 Å². The Kier molecular flexibility index (Phi) is 6.09. The van der Waals surface area contributed by atoms with Crippen LogP contribution in [0.2, 0.25) is 0 Å². The Morgan fingerprint density at radius 1 is 0.917 bits per heavy atom. The normalized spacial score (nSPS) is 16.0. The first-order chi connectivity index (χ1) is 11.6. The Labute approximate surface area is 159 Å². The molecule has 0 atom stereocenters. The third kappa shape index (κ3) is 4.68. The van der Waals surface area contributed by atoms with Crippen molar-refractivity contribution in [2.75, 3.05) is 26.2 Å². The van der Waals surface area contributed by atoms with Crippen molar-refractivity contribution < 1.29 is 4.79 Å². The molecule has 126 valence electrons. The summed E-state index contributed by atoms with van der Waals surface area (Å²) in [5.74, 6) is 0.126. The maximum Gasteiger partial charge on any atom is 0.253 e. The van der Waals surface area contributed by atoms with Crippen LogP contribution in [0.3, 0.4) is 0 Å². The van der Waals surface area contributed by atoms with Crippen LogP contribution in [0.5, 0.6) is 0 Å². The van der Waals surface area contributed by atoms with Gasteiger partial charge >= 0.3 is 0 Å². The number of benzene rings is 2. The predicted molar refractivity (Wildman–Crippen MR) is 104 cm³/mol. The van der Waals surface area contributed by atoms with Crippen LogP contribution in [0.1, 0.15) is 22.3 Å². The molecule has 2 aromatic carbocycles. The predicted octanol–water partition coefficient (Wildman–Crippen LogP) is 4.56. The number of hydrogen-bond acceptors (Lipinski definition) is 2. The Hall–Kier alpha value is -1.17. The average molecular weight is 452 g/mol. The highest BCUT2D eigenvalue weighted by Crippen LogP contribution is 2.17. The number of amides is 1. The Balaban J connectivity index is 1.61. The van der Waals surface area contributed by atoms with Crippen molar-refractivity contribution >= 4 is 37.8 Å². The van der Waals surface area contributed by atoms with Gasteiger partial charge in [0.05, 0.1) is 0 Å². The van der Waals surface area contributed by atoms with E-state index in [4.69, 9.17) is 0 Å². The van der Waals surface area contributed by atoms with Crippen molar-refractivity contribution in [1.29, 1.82) is 0 Å². The summed E-state index contributed by atoms with van der Waals surface area (Å²) >= 11 is 6.97. The van der Waals surface area contributed by atoms with Gasteiger partial charge in [-0.15, -0.1) is 0 Å². The summed E-state index contributed by atoms with van der Waals surface area (Å²) in [6, 6.07) is 16.1. The smallest absolute Gasteiger partial charge is 0.253 e. The summed E-state index contributed by atoms with van der Waals surface area (Å²) < 4.78 is 2.06. The van der Waals surface area contributed by atoms with Crippen LogP contribution in [0.25, 0.3) is 0 Å². The minimum atomic E-state index is 0.126. The van der Waals surface area contributed by atoms with Gasteiger partial charge < -0.3 is 4.90 Å². The Morgan fingerprint density at radius 2 is 1.67 bits per heavy atom. The summed E-state index contributed by atoms with van der Waals surface area (Å²) in [6.45, 7) is 4.46. The van der Waals surface area contributed by atoms with Gasteiger partial charge in [0, 0.05) is 47.2 Å². The fourth-order valence-corrected chi connectivity index (χ4v) is 3.88. The third-order valence-electron chi connectivity index (χ3n) is 4.24. The van der Waals surface area contributed by atoms with Gasteiger partial charge in [0.25, 0.3) is 5.91 Å². The number of rotatable bonds is 3. The van der Waals surface area contributed by atoms with Crippen LogP contribution in [0.4, 0.5) is 0 Å². The number of carbonyl (C=O) groups is 1. The minimum absolute atomic E-state index is 0.126. The van der Waals surface area contributed by atoms with E-state index in [1.54, 1.807) is 0 Å². The molecule has 1 amide bonds. The second-order valence-electron chi connectivity index (χ2n) is 6.06. The maximum atomic E-state index is 12.7. The zero-order valence-corrected chi connectivity index (χ0v) is 16.6. The molecule has 24 heavy (non-hydrogen) atoms. The molecule has 0 spiro atoms. The first-order valence-corrected chi connectivity index (χ1v) is 9.72. The van der Waals surface area contributed by atoms with Crippen LogP contribution in [-0.4, -0.2) is 41.9 Å². The zero-order chi connectivity index (χ0) is 16.9.